The maximum Gasteiger partial charge on any atom is 0.252 e. The predicted molar refractivity (Wildman–Crippen MR) is 122 cm³/mol. The number of aryl methyl sites for hydroxylation is 2. The zero-order valence-electron chi connectivity index (χ0n) is 17.6. The molecule has 0 N–H and O–H groups in total. The van der Waals surface area contributed by atoms with E-state index in [4.69, 9.17) is 14.5 Å². The van der Waals surface area contributed by atoms with E-state index < -0.39 is 0 Å². The second-order valence-corrected chi connectivity index (χ2v) is 8.67. The molecule has 0 saturated carbocycles. The topological polar surface area (TPSA) is 54.9 Å². The lowest BCUT2D eigenvalue weighted by Gasteiger charge is -2.20. The van der Waals surface area contributed by atoms with Crippen LogP contribution in [-0.2, 0) is 4.79 Å². The highest BCUT2D eigenvalue weighted by molar-refractivity contribution is 7.22. The fourth-order valence-corrected chi connectivity index (χ4v) is 4.52. The molecular weight excluding hydrogens is 398 g/mol. The number of benzene rings is 2. The first kappa shape index (κ1) is 20.4. The first-order valence-electron chi connectivity index (χ1n) is 9.82. The van der Waals surface area contributed by atoms with E-state index in [-0.39, 0.29) is 12.7 Å². The molecule has 2 aromatic carbocycles. The number of hydrogen-bond donors (Lipinski definition) is 0. The molecule has 0 radical (unpaired) electrons. The van der Waals surface area contributed by atoms with Crippen LogP contribution in [0.5, 0.6) is 11.5 Å². The summed E-state index contributed by atoms with van der Waals surface area (Å²) in [6.45, 7) is 5.68. The maximum atomic E-state index is 13.1. The van der Waals surface area contributed by atoms with Crippen LogP contribution in [0.2, 0.25) is 0 Å². The van der Waals surface area contributed by atoms with Gasteiger partial charge >= 0.3 is 0 Å². The molecule has 6 nitrogen and oxygen atoms in total. The number of carbonyl (C=O) groups excluding carboxylic acids is 1. The van der Waals surface area contributed by atoms with E-state index in [2.05, 4.69) is 30.9 Å². The number of amides is 1. The van der Waals surface area contributed by atoms with Gasteiger partial charge in [-0.2, -0.15) is 0 Å². The lowest BCUT2D eigenvalue weighted by Crippen LogP contribution is -2.35. The quantitative estimate of drug-likeness (QED) is 0.555. The van der Waals surface area contributed by atoms with Gasteiger partial charge < -0.3 is 14.4 Å². The molecule has 1 aliphatic rings. The van der Waals surface area contributed by atoms with Gasteiger partial charge in [0.05, 0.1) is 10.2 Å². The van der Waals surface area contributed by atoms with Crippen molar-refractivity contribution in [1.29, 1.82) is 0 Å². The molecule has 0 aliphatic carbocycles. The first-order chi connectivity index (χ1) is 14.4. The van der Waals surface area contributed by atoms with Crippen molar-refractivity contribution in [2.75, 3.05) is 38.9 Å². The van der Waals surface area contributed by atoms with E-state index in [1.54, 1.807) is 28.4 Å². The minimum absolute atomic E-state index is 0.0945. The molecule has 1 aromatic heterocycles. The third-order valence-corrected chi connectivity index (χ3v) is 5.93. The van der Waals surface area contributed by atoms with E-state index in [1.807, 2.05) is 32.3 Å². The highest BCUT2D eigenvalue weighted by Crippen LogP contribution is 2.33. The SMILES string of the molecule is Cc1cc(C)c2nc(N(CCN(C)C)C(=O)/C=C/c3ccc4c(c3)OCO4)sc2c1. The van der Waals surface area contributed by atoms with Crippen LogP contribution in [0.15, 0.2) is 36.4 Å². The van der Waals surface area contributed by atoms with Crippen molar-refractivity contribution in [2.45, 2.75) is 13.8 Å². The standard InChI is InChI=1S/C23H25N3O3S/c1-15-11-16(2)22-20(12-15)30-23(24-22)26(10-9-25(3)4)21(27)8-6-17-5-7-18-19(13-17)29-14-28-18/h5-8,11-13H,9-10,14H2,1-4H3/b8-6+. The van der Waals surface area contributed by atoms with Crippen molar-refractivity contribution in [1.82, 2.24) is 9.88 Å². The van der Waals surface area contributed by atoms with E-state index in [9.17, 15) is 4.79 Å². The average Bonchev–Trinajstić information content (AvgIpc) is 3.32. The highest BCUT2D eigenvalue weighted by Gasteiger charge is 2.19. The third kappa shape index (κ3) is 4.32. The molecule has 156 valence electrons. The van der Waals surface area contributed by atoms with E-state index in [0.29, 0.717) is 12.3 Å². The number of aromatic nitrogens is 1. The van der Waals surface area contributed by atoms with E-state index in [1.165, 1.54) is 5.56 Å². The Bertz CT molecular complexity index is 1120. The molecule has 1 amide bonds. The molecule has 0 fully saturated rings. The summed E-state index contributed by atoms with van der Waals surface area (Å²) in [5, 5.41) is 0.723. The normalized spacial score (nSPS) is 13.0. The van der Waals surface area contributed by atoms with Crippen LogP contribution in [0.4, 0.5) is 5.13 Å². The van der Waals surface area contributed by atoms with Gasteiger partial charge in [0.25, 0.3) is 5.91 Å². The number of nitrogens with zero attached hydrogens (tertiary/aromatic N) is 3. The van der Waals surface area contributed by atoms with Crippen molar-refractivity contribution in [3.05, 3.63) is 53.1 Å². The number of likely N-dealkylation sites (N-methyl/N-ethyl adjacent to an activating group) is 1. The lowest BCUT2D eigenvalue weighted by atomic mass is 10.1. The third-order valence-electron chi connectivity index (χ3n) is 4.90. The second kappa shape index (κ2) is 8.45. The molecule has 0 atom stereocenters. The predicted octanol–water partition coefficient (Wildman–Crippen LogP) is 4.25. The number of thiazole rings is 1. The van der Waals surface area contributed by atoms with Gasteiger partial charge in [-0.25, -0.2) is 4.98 Å². The Labute approximate surface area is 180 Å². The zero-order valence-corrected chi connectivity index (χ0v) is 18.5. The van der Waals surface area contributed by atoms with Crippen LogP contribution in [0, 0.1) is 13.8 Å². The minimum Gasteiger partial charge on any atom is -0.454 e. The lowest BCUT2D eigenvalue weighted by molar-refractivity contribution is -0.114. The van der Waals surface area contributed by atoms with Gasteiger partial charge in [-0.1, -0.05) is 23.5 Å². The van der Waals surface area contributed by atoms with Gasteiger partial charge in [0.15, 0.2) is 16.6 Å². The number of hydrogen-bond acceptors (Lipinski definition) is 6. The number of rotatable bonds is 6. The van der Waals surface area contributed by atoms with Gasteiger partial charge in [0.1, 0.15) is 0 Å². The minimum atomic E-state index is -0.0945. The van der Waals surface area contributed by atoms with Gasteiger partial charge in [-0.3, -0.25) is 9.69 Å². The number of carbonyl (C=O) groups is 1. The largest absolute Gasteiger partial charge is 0.454 e. The van der Waals surface area contributed by atoms with Gasteiger partial charge in [-0.05, 0) is 68.9 Å². The van der Waals surface area contributed by atoms with Crippen molar-refractivity contribution < 1.29 is 14.3 Å². The van der Waals surface area contributed by atoms with Gasteiger partial charge in [0, 0.05) is 19.2 Å². The maximum absolute atomic E-state index is 13.1. The monoisotopic (exact) mass is 423 g/mol. The van der Waals surface area contributed by atoms with Gasteiger partial charge in [0.2, 0.25) is 6.79 Å². The fourth-order valence-electron chi connectivity index (χ4n) is 3.35. The Balaban J connectivity index is 1.61. The molecule has 30 heavy (non-hydrogen) atoms. The Kier molecular flexibility index (Phi) is 5.74. The van der Waals surface area contributed by atoms with Crippen molar-refractivity contribution in [2.24, 2.45) is 0 Å². The summed E-state index contributed by atoms with van der Waals surface area (Å²) in [5.41, 5.74) is 4.17. The highest BCUT2D eigenvalue weighted by atomic mass is 32.1. The van der Waals surface area contributed by atoms with E-state index >= 15 is 0 Å². The van der Waals surface area contributed by atoms with Crippen LogP contribution in [0.1, 0.15) is 16.7 Å². The number of fused-ring (bicyclic) bond motifs is 2. The summed E-state index contributed by atoms with van der Waals surface area (Å²) >= 11 is 1.56. The Morgan fingerprint density at radius 3 is 2.73 bits per heavy atom. The Hall–Kier alpha value is -2.90. The zero-order chi connectivity index (χ0) is 21.3. The molecular formula is C23H25N3O3S. The molecule has 0 spiro atoms. The molecule has 0 bridgehead atoms. The van der Waals surface area contributed by atoms with E-state index in [0.717, 1.165) is 38.8 Å². The summed E-state index contributed by atoms with van der Waals surface area (Å²) in [6, 6.07) is 9.89. The smallest absolute Gasteiger partial charge is 0.252 e. The summed E-state index contributed by atoms with van der Waals surface area (Å²) in [4.78, 5) is 21.7. The van der Waals surface area contributed by atoms with Crippen LogP contribution < -0.4 is 14.4 Å². The molecule has 1 aliphatic heterocycles. The Morgan fingerprint density at radius 2 is 1.93 bits per heavy atom. The fraction of sp³-hybridized carbons (Fsp3) is 0.304. The van der Waals surface area contributed by atoms with Crippen molar-refractivity contribution in [3.63, 3.8) is 0 Å². The average molecular weight is 424 g/mol. The first-order valence-corrected chi connectivity index (χ1v) is 10.6. The molecule has 3 aromatic rings. The molecule has 2 heterocycles. The van der Waals surface area contributed by atoms with Gasteiger partial charge in [-0.15, -0.1) is 0 Å². The molecule has 7 heteroatoms. The second-order valence-electron chi connectivity index (χ2n) is 7.66. The van der Waals surface area contributed by atoms with Crippen LogP contribution >= 0.6 is 11.3 Å². The molecule has 0 saturated heterocycles. The summed E-state index contributed by atoms with van der Waals surface area (Å²) in [6.07, 6.45) is 3.40. The van der Waals surface area contributed by atoms with Crippen LogP contribution in [0.25, 0.3) is 16.3 Å². The summed E-state index contributed by atoms with van der Waals surface area (Å²) in [7, 11) is 3.99. The molecule has 0 unspecified atom stereocenters. The summed E-state index contributed by atoms with van der Waals surface area (Å²) < 4.78 is 11.9. The number of anilines is 1. The Morgan fingerprint density at radius 1 is 1.13 bits per heavy atom. The van der Waals surface area contributed by atoms with Crippen molar-refractivity contribution >= 4 is 38.7 Å². The van der Waals surface area contributed by atoms with Crippen LogP contribution in [0.3, 0.4) is 0 Å². The summed E-state index contributed by atoms with van der Waals surface area (Å²) in [5.74, 6) is 1.33. The molecule has 4 rings (SSSR count). The number of ether oxygens (including phenoxy) is 2. The van der Waals surface area contributed by atoms with Crippen LogP contribution in [-0.4, -0.2) is 49.8 Å². The van der Waals surface area contributed by atoms with Crippen molar-refractivity contribution in [3.8, 4) is 11.5 Å².